The van der Waals surface area contributed by atoms with Crippen molar-refractivity contribution in [3.05, 3.63) is 35.9 Å². The van der Waals surface area contributed by atoms with Crippen LogP contribution in [0.15, 0.2) is 30.3 Å². The summed E-state index contributed by atoms with van der Waals surface area (Å²) in [5.41, 5.74) is 0.998. The number of carbonyl (C=O) groups excluding carboxylic acids is 2. The van der Waals surface area contributed by atoms with Gasteiger partial charge in [0.15, 0.2) is 0 Å². The number of carbonyl (C=O) groups is 2. The van der Waals surface area contributed by atoms with Gasteiger partial charge in [-0.15, -0.1) is 0 Å². The highest BCUT2D eigenvalue weighted by atomic mass is 16.5. The van der Waals surface area contributed by atoms with Gasteiger partial charge in [0.1, 0.15) is 6.61 Å². The van der Waals surface area contributed by atoms with E-state index in [1.54, 1.807) is 0 Å². The molecule has 0 spiro atoms. The first-order valence-corrected chi connectivity index (χ1v) is 7.38. The molecule has 1 rings (SSSR count). The highest BCUT2D eigenvalue weighted by Gasteiger charge is 2.09. The smallest absolute Gasteiger partial charge is 0.306 e. The van der Waals surface area contributed by atoms with Crippen molar-refractivity contribution in [1.29, 1.82) is 0 Å². The fraction of sp³-hybridized carbons (Fsp3) is 0.529. The normalized spacial score (nSPS) is 11.7. The monoisotopic (exact) mass is 292 g/mol. The van der Waals surface area contributed by atoms with E-state index in [2.05, 4.69) is 4.74 Å². The van der Waals surface area contributed by atoms with Crippen molar-refractivity contribution in [3.8, 4) is 0 Å². The summed E-state index contributed by atoms with van der Waals surface area (Å²) in [7, 11) is 1.40. The zero-order valence-electron chi connectivity index (χ0n) is 12.8. The van der Waals surface area contributed by atoms with E-state index in [9.17, 15) is 9.59 Å². The van der Waals surface area contributed by atoms with Gasteiger partial charge in [0.05, 0.1) is 7.11 Å². The molecule has 1 atom stereocenters. The van der Waals surface area contributed by atoms with E-state index in [1.165, 1.54) is 7.11 Å². The highest BCUT2D eigenvalue weighted by molar-refractivity contribution is 5.69. The maximum atomic E-state index is 11.6. The summed E-state index contributed by atoms with van der Waals surface area (Å²) in [6.07, 6.45) is 3.49. The van der Waals surface area contributed by atoms with E-state index < -0.39 is 0 Å². The van der Waals surface area contributed by atoms with Crippen molar-refractivity contribution in [1.82, 2.24) is 0 Å². The molecular weight excluding hydrogens is 268 g/mol. The predicted octanol–water partition coefficient (Wildman–Crippen LogP) is 3.49. The van der Waals surface area contributed by atoms with Gasteiger partial charge in [-0.2, -0.15) is 0 Å². The Labute approximate surface area is 126 Å². The van der Waals surface area contributed by atoms with Crippen LogP contribution in [0.3, 0.4) is 0 Å². The Morgan fingerprint density at radius 2 is 1.81 bits per heavy atom. The number of methoxy groups -OCH3 is 1. The third-order valence-electron chi connectivity index (χ3n) is 3.31. The molecule has 1 aromatic rings. The number of benzene rings is 1. The van der Waals surface area contributed by atoms with Gasteiger partial charge in [-0.05, 0) is 17.9 Å². The molecule has 4 nitrogen and oxygen atoms in total. The maximum Gasteiger partial charge on any atom is 0.306 e. The number of unbranched alkanes of at least 4 members (excludes halogenated alkanes) is 1. The number of hydrogen-bond donors (Lipinski definition) is 0. The van der Waals surface area contributed by atoms with Crippen molar-refractivity contribution in [2.75, 3.05) is 7.11 Å². The van der Waals surface area contributed by atoms with E-state index in [0.717, 1.165) is 24.8 Å². The summed E-state index contributed by atoms with van der Waals surface area (Å²) in [5.74, 6) is -0.0537. The Hall–Kier alpha value is -1.84. The average Bonchev–Trinajstić information content (AvgIpc) is 2.50. The van der Waals surface area contributed by atoms with Crippen LogP contribution in [0.25, 0.3) is 0 Å². The van der Waals surface area contributed by atoms with Crippen LogP contribution in [0, 0.1) is 5.92 Å². The molecular formula is C17H24O4. The van der Waals surface area contributed by atoms with Gasteiger partial charge < -0.3 is 9.47 Å². The maximum absolute atomic E-state index is 11.6. The van der Waals surface area contributed by atoms with Gasteiger partial charge in [0.2, 0.25) is 0 Å². The van der Waals surface area contributed by atoms with Gasteiger partial charge in [0.25, 0.3) is 0 Å². The second-order valence-corrected chi connectivity index (χ2v) is 5.28. The Morgan fingerprint density at radius 1 is 1.10 bits per heavy atom. The molecule has 0 aliphatic carbocycles. The van der Waals surface area contributed by atoms with Crippen LogP contribution < -0.4 is 0 Å². The molecule has 0 saturated heterocycles. The van der Waals surface area contributed by atoms with E-state index in [1.807, 2.05) is 37.3 Å². The van der Waals surface area contributed by atoms with Crippen LogP contribution in [-0.4, -0.2) is 19.0 Å². The number of rotatable bonds is 9. The second kappa shape index (κ2) is 9.97. The summed E-state index contributed by atoms with van der Waals surface area (Å²) >= 11 is 0. The third-order valence-corrected chi connectivity index (χ3v) is 3.31. The predicted molar refractivity (Wildman–Crippen MR) is 80.5 cm³/mol. The van der Waals surface area contributed by atoms with E-state index in [4.69, 9.17) is 4.74 Å². The molecule has 0 radical (unpaired) electrons. The summed E-state index contributed by atoms with van der Waals surface area (Å²) in [4.78, 5) is 22.7. The first-order chi connectivity index (χ1) is 10.1. The summed E-state index contributed by atoms with van der Waals surface area (Å²) in [6, 6.07) is 9.64. The SMILES string of the molecule is COC(=O)C[C@H](C)CCCCC(=O)OCc1ccccc1. The zero-order valence-corrected chi connectivity index (χ0v) is 12.8. The standard InChI is InChI=1S/C17H24O4/c1-14(12-17(19)20-2)8-6-7-11-16(18)21-13-15-9-4-3-5-10-15/h3-5,9-10,14H,6-8,11-13H2,1-2H3/t14-/m1/s1. The molecule has 0 aliphatic rings. The largest absolute Gasteiger partial charge is 0.469 e. The number of ether oxygens (including phenoxy) is 2. The van der Waals surface area contributed by atoms with Crippen molar-refractivity contribution in [2.24, 2.45) is 5.92 Å². The molecule has 21 heavy (non-hydrogen) atoms. The lowest BCUT2D eigenvalue weighted by Crippen LogP contribution is -2.08. The minimum Gasteiger partial charge on any atom is -0.469 e. The number of esters is 2. The molecule has 0 bridgehead atoms. The zero-order chi connectivity index (χ0) is 15.5. The van der Waals surface area contributed by atoms with Crippen molar-refractivity contribution >= 4 is 11.9 Å². The molecule has 0 heterocycles. The molecule has 0 amide bonds. The molecule has 116 valence electrons. The first kappa shape index (κ1) is 17.2. The van der Waals surface area contributed by atoms with Gasteiger partial charge in [-0.25, -0.2) is 0 Å². The topological polar surface area (TPSA) is 52.6 Å². The Morgan fingerprint density at radius 3 is 2.48 bits per heavy atom. The molecule has 0 N–H and O–H groups in total. The molecule has 0 saturated carbocycles. The molecule has 0 fully saturated rings. The van der Waals surface area contributed by atoms with Crippen LogP contribution in [0.1, 0.15) is 44.6 Å². The van der Waals surface area contributed by atoms with Crippen molar-refractivity contribution < 1.29 is 19.1 Å². The molecule has 0 unspecified atom stereocenters. The Balaban J connectivity index is 2.07. The first-order valence-electron chi connectivity index (χ1n) is 7.38. The highest BCUT2D eigenvalue weighted by Crippen LogP contribution is 2.14. The van der Waals surface area contributed by atoms with Crippen LogP contribution in [0.5, 0.6) is 0 Å². The lowest BCUT2D eigenvalue weighted by atomic mass is 10.00. The van der Waals surface area contributed by atoms with Crippen LogP contribution >= 0.6 is 0 Å². The minimum absolute atomic E-state index is 0.167. The molecule has 4 heteroatoms. The number of hydrogen-bond acceptors (Lipinski definition) is 4. The van der Waals surface area contributed by atoms with Gasteiger partial charge in [-0.3, -0.25) is 9.59 Å². The Kier molecular flexibility index (Phi) is 8.17. The third kappa shape index (κ3) is 8.12. The molecule has 0 aliphatic heterocycles. The van der Waals surface area contributed by atoms with Crippen molar-refractivity contribution in [2.45, 2.75) is 45.6 Å². The van der Waals surface area contributed by atoms with Crippen LogP contribution in [-0.2, 0) is 25.7 Å². The van der Waals surface area contributed by atoms with E-state index in [-0.39, 0.29) is 17.9 Å². The van der Waals surface area contributed by atoms with E-state index >= 15 is 0 Å². The van der Waals surface area contributed by atoms with Crippen molar-refractivity contribution in [3.63, 3.8) is 0 Å². The fourth-order valence-corrected chi connectivity index (χ4v) is 2.04. The summed E-state index contributed by atoms with van der Waals surface area (Å²) in [6.45, 7) is 2.35. The molecule has 1 aromatic carbocycles. The van der Waals surface area contributed by atoms with Gasteiger partial charge >= 0.3 is 11.9 Å². The average molecular weight is 292 g/mol. The quantitative estimate of drug-likeness (QED) is 0.516. The second-order valence-electron chi connectivity index (χ2n) is 5.28. The van der Waals surface area contributed by atoms with Gasteiger partial charge in [0, 0.05) is 12.8 Å². The lowest BCUT2D eigenvalue weighted by Gasteiger charge is -2.09. The lowest BCUT2D eigenvalue weighted by molar-refractivity contribution is -0.145. The van der Waals surface area contributed by atoms with Crippen LogP contribution in [0.2, 0.25) is 0 Å². The Bertz CT molecular complexity index is 428. The minimum atomic E-state index is -0.176. The van der Waals surface area contributed by atoms with Gasteiger partial charge in [-0.1, -0.05) is 50.1 Å². The van der Waals surface area contributed by atoms with Crippen LogP contribution in [0.4, 0.5) is 0 Å². The fourth-order valence-electron chi connectivity index (χ4n) is 2.04. The summed E-state index contributed by atoms with van der Waals surface area (Å²) < 4.78 is 9.83. The summed E-state index contributed by atoms with van der Waals surface area (Å²) in [5, 5.41) is 0. The van der Waals surface area contributed by atoms with E-state index in [0.29, 0.717) is 19.4 Å². The molecule has 0 aromatic heterocycles.